The van der Waals surface area contributed by atoms with Gasteiger partial charge in [-0.15, -0.1) is 0 Å². The average molecular weight is 417 g/mol. The van der Waals surface area contributed by atoms with E-state index in [9.17, 15) is 18.0 Å². The summed E-state index contributed by atoms with van der Waals surface area (Å²) >= 11 is 0. The highest BCUT2D eigenvalue weighted by Gasteiger charge is 2.30. The predicted molar refractivity (Wildman–Crippen MR) is 104 cm³/mol. The van der Waals surface area contributed by atoms with Crippen LogP contribution in [0.2, 0.25) is 0 Å². The monoisotopic (exact) mass is 417 g/mol. The number of alkyl halides is 3. The minimum absolute atomic E-state index is 0.0447. The van der Waals surface area contributed by atoms with Crippen LogP contribution in [0.4, 0.5) is 18.9 Å². The Morgan fingerprint density at radius 2 is 1.87 bits per heavy atom. The maximum absolute atomic E-state index is 12.9. The number of anilines is 1. The molecule has 0 saturated heterocycles. The molecule has 0 unspecified atom stereocenters. The molecule has 0 saturated carbocycles. The van der Waals surface area contributed by atoms with E-state index in [1.54, 1.807) is 25.2 Å². The van der Waals surface area contributed by atoms with Crippen LogP contribution < -0.4 is 14.8 Å². The number of aromatic nitrogens is 2. The molecule has 30 heavy (non-hydrogen) atoms. The summed E-state index contributed by atoms with van der Waals surface area (Å²) in [5, 5.41) is 6.87. The fourth-order valence-corrected chi connectivity index (χ4v) is 3.15. The lowest BCUT2D eigenvalue weighted by molar-refractivity contribution is -0.137. The van der Waals surface area contributed by atoms with Gasteiger partial charge in [0.2, 0.25) is 0 Å². The van der Waals surface area contributed by atoms with Crippen molar-refractivity contribution in [2.24, 2.45) is 7.05 Å². The third-order valence-corrected chi connectivity index (χ3v) is 4.54. The molecule has 3 aromatic rings. The first-order valence-corrected chi connectivity index (χ1v) is 9.23. The van der Waals surface area contributed by atoms with E-state index in [-0.39, 0.29) is 11.3 Å². The molecule has 1 amide bonds. The van der Waals surface area contributed by atoms with E-state index in [0.29, 0.717) is 36.0 Å². The van der Waals surface area contributed by atoms with E-state index >= 15 is 0 Å². The highest BCUT2D eigenvalue weighted by atomic mass is 19.4. The van der Waals surface area contributed by atoms with Gasteiger partial charge in [-0.2, -0.15) is 18.3 Å². The highest BCUT2D eigenvalue weighted by molar-refractivity contribution is 6.08. The highest BCUT2D eigenvalue weighted by Crippen LogP contribution is 2.35. The van der Waals surface area contributed by atoms with Crippen LogP contribution in [0.15, 0.2) is 48.7 Å². The first-order valence-electron chi connectivity index (χ1n) is 9.23. The number of aryl methyl sites for hydroxylation is 1. The molecule has 0 bridgehead atoms. The molecule has 1 aliphatic heterocycles. The lowest BCUT2D eigenvalue weighted by Crippen LogP contribution is -2.13. The lowest BCUT2D eigenvalue weighted by Gasteiger charge is -2.11. The first kappa shape index (κ1) is 19.8. The van der Waals surface area contributed by atoms with E-state index in [4.69, 9.17) is 9.47 Å². The van der Waals surface area contributed by atoms with Gasteiger partial charge in [0, 0.05) is 30.9 Å². The van der Waals surface area contributed by atoms with Crippen LogP contribution in [0.1, 0.15) is 22.3 Å². The summed E-state index contributed by atoms with van der Waals surface area (Å²) in [5.74, 6) is 0.603. The van der Waals surface area contributed by atoms with Crippen LogP contribution in [0.3, 0.4) is 0 Å². The molecule has 156 valence electrons. The first-order chi connectivity index (χ1) is 14.3. The molecule has 2 aromatic carbocycles. The number of benzene rings is 2. The zero-order valence-corrected chi connectivity index (χ0v) is 16.0. The van der Waals surface area contributed by atoms with Gasteiger partial charge in [-0.3, -0.25) is 9.48 Å². The summed E-state index contributed by atoms with van der Waals surface area (Å²) < 4.78 is 51.6. The van der Waals surface area contributed by atoms with Gasteiger partial charge in [-0.25, -0.2) is 0 Å². The molecule has 0 radical (unpaired) electrons. The number of carbonyl (C=O) groups excluding carboxylic acids is 1. The van der Waals surface area contributed by atoms with Crippen LogP contribution in [0, 0.1) is 0 Å². The van der Waals surface area contributed by atoms with Gasteiger partial charge in [0.15, 0.2) is 11.5 Å². The lowest BCUT2D eigenvalue weighted by atomic mass is 10.1. The topological polar surface area (TPSA) is 65.4 Å². The summed E-state index contributed by atoms with van der Waals surface area (Å²) in [6.07, 6.45) is -2.22. The molecule has 0 spiro atoms. The van der Waals surface area contributed by atoms with E-state index in [0.717, 1.165) is 18.6 Å². The predicted octanol–water partition coefficient (Wildman–Crippen LogP) is 4.52. The Labute approximate surface area is 170 Å². The number of carbonyl (C=O) groups is 1. The number of hydrogen-bond acceptors (Lipinski definition) is 4. The summed E-state index contributed by atoms with van der Waals surface area (Å²) in [4.78, 5) is 12.8. The molecule has 6 nitrogen and oxygen atoms in total. The minimum Gasteiger partial charge on any atom is -0.490 e. The Bertz CT molecular complexity index is 1090. The smallest absolute Gasteiger partial charge is 0.416 e. The van der Waals surface area contributed by atoms with E-state index in [1.165, 1.54) is 23.0 Å². The van der Waals surface area contributed by atoms with Gasteiger partial charge in [-0.1, -0.05) is 6.07 Å². The normalized spacial score (nSPS) is 13.6. The second kappa shape index (κ2) is 7.74. The Kier molecular flexibility index (Phi) is 5.11. The number of halogens is 3. The van der Waals surface area contributed by atoms with Crippen molar-refractivity contribution in [1.82, 2.24) is 9.78 Å². The number of ether oxygens (including phenoxy) is 2. The molecular weight excluding hydrogens is 399 g/mol. The van der Waals surface area contributed by atoms with Gasteiger partial charge in [-0.05, 0) is 36.4 Å². The summed E-state index contributed by atoms with van der Waals surface area (Å²) in [6.45, 7) is 1.07. The van der Waals surface area contributed by atoms with Crippen LogP contribution >= 0.6 is 0 Å². The van der Waals surface area contributed by atoms with Crippen molar-refractivity contribution in [2.75, 3.05) is 18.5 Å². The number of fused-ring (bicyclic) bond motifs is 1. The van der Waals surface area contributed by atoms with Gasteiger partial charge in [0.25, 0.3) is 5.91 Å². The molecule has 9 heteroatoms. The maximum Gasteiger partial charge on any atom is 0.416 e. The second-order valence-electron chi connectivity index (χ2n) is 6.81. The van der Waals surface area contributed by atoms with Crippen molar-refractivity contribution in [3.8, 4) is 22.8 Å². The van der Waals surface area contributed by atoms with Gasteiger partial charge in [0.1, 0.15) is 5.69 Å². The summed E-state index contributed by atoms with van der Waals surface area (Å²) in [5.41, 5.74) is 0.453. The SMILES string of the molecule is Cn1cc(C(=O)Nc2cccc(C(F)(F)F)c2)c(-c2ccc3c(c2)OCCCO3)n1. The van der Waals surface area contributed by atoms with Gasteiger partial charge < -0.3 is 14.8 Å². The molecule has 0 fully saturated rings. The Balaban J connectivity index is 1.64. The van der Waals surface area contributed by atoms with Crippen LogP contribution in [0.25, 0.3) is 11.3 Å². The van der Waals surface area contributed by atoms with Crippen LogP contribution in [-0.2, 0) is 13.2 Å². The molecular formula is C21H18F3N3O3. The molecule has 0 atom stereocenters. The molecule has 4 rings (SSSR count). The third-order valence-electron chi connectivity index (χ3n) is 4.54. The zero-order valence-electron chi connectivity index (χ0n) is 16.0. The molecule has 2 heterocycles. The Hall–Kier alpha value is -3.49. The van der Waals surface area contributed by atoms with Gasteiger partial charge >= 0.3 is 6.18 Å². The van der Waals surface area contributed by atoms with Gasteiger partial charge in [0.05, 0.1) is 24.3 Å². The average Bonchev–Trinajstić information content (AvgIpc) is 2.94. The number of amides is 1. The van der Waals surface area contributed by atoms with Crippen LogP contribution in [-0.4, -0.2) is 28.9 Å². The Morgan fingerprint density at radius 1 is 1.10 bits per heavy atom. The van der Waals surface area contributed by atoms with Crippen molar-refractivity contribution >= 4 is 11.6 Å². The fraction of sp³-hybridized carbons (Fsp3) is 0.238. The quantitative estimate of drug-likeness (QED) is 0.681. The molecule has 1 aromatic heterocycles. The van der Waals surface area contributed by atoms with E-state index in [2.05, 4.69) is 10.4 Å². The summed E-state index contributed by atoms with van der Waals surface area (Å²) in [6, 6.07) is 9.73. The number of nitrogens with zero attached hydrogens (tertiary/aromatic N) is 2. The standard InChI is InChI=1S/C21H18F3N3O3/c1-27-12-16(20(28)25-15-5-2-4-14(11-15)21(22,23)24)19(26-27)13-6-7-17-18(10-13)30-9-3-8-29-17/h2,4-7,10-12H,3,8-9H2,1H3,(H,25,28). The van der Waals surface area contributed by atoms with Crippen molar-refractivity contribution in [2.45, 2.75) is 12.6 Å². The number of rotatable bonds is 3. The van der Waals surface area contributed by atoms with E-state index < -0.39 is 17.6 Å². The minimum atomic E-state index is -4.50. The number of hydrogen-bond donors (Lipinski definition) is 1. The maximum atomic E-state index is 12.9. The van der Waals surface area contributed by atoms with Crippen LogP contribution in [0.5, 0.6) is 11.5 Å². The molecule has 1 aliphatic rings. The van der Waals surface area contributed by atoms with Crippen molar-refractivity contribution in [3.63, 3.8) is 0 Å². The van der Waals surface area contributed by atoms with Crippen molar-refractivity contribution in [3.05, 3.63) is 59.8 Å². The van der Waals surface area contributed by atoms with Crippen molar-refractivity contribution < 1.29 is 27.4 Å². The van der Waals surface area contributed by atoms with Crippen molar-refractivity contribution in [1.29, 1.82) is 0 Å². The molecule has 0 aliphatic carbocycles. The summed E-state index contributed by atoms with van der Waals surface area (Å²) in [7, 11) is 1.66. The zero-order chi connectivity index (χ0) is 21.3. The number of nitrogens with one attached hydrogen (secondary N) is 1. The molecule has 1 N–H and O–H groups in total. The largest absolute Gasteiger partial charge is 0.490 e. The third kappa shape index (κ3) is 4.10. The van der Waals surface area contributed by atoms with E-state index in [1.807, 2.05) is 0 Å². The second-order valence-corrected chi connectivity index (χ2v) is 6.81. The fourth-order valence-electron chi connectivity index (χ4n) is 3.15. The Morgan fingerprint density at radius 3 is 2.63 bits per heavy atom.